The van der Waals surface area contributed by atoms with Crippen LogP contribution in [0.5, 0.6) is 0 Å². The molecule has 0 radical (unpaired) electrons. The number of hydrogen-bond acceptors (Lipinski definition) is 5. The molecule has 1 amide bonds. The van der Waals surface area contributed by atoms with Crippen molar-refractivity contribution in [1.29, 1.82) is 0 Å². The summed E-state index contributed by atoms with van der Waals surface area (Å²) in [5.74, 6) is -2.23. The number of benzene rings is 2. The highest BCUT2D eigenvalue weighted by molar-refractivity contribution is 7.07. The van der Waals surface area contributed by atoms with Crippen LogP contribution in [0.2, 0.25) is 0 Å². The maximum Gasteiger partial charge on any atom is 0.490 e. The molecule has 170 valence electrons. The minimum Gasteiger partial charge on any atom is -0.475 e. The summed E-state index contributed by atoms with van der Waals surface area (Å²) in [6.07, 6.45) is -3.30. The van der Waals surface area contributed by atoms with Gasteiger partial charge in [0.05, 0.1) is 22.5 Å². The van der Waals surface area contributed by atoms with E-state index >= 15 is 0 Å². The fraction of sp³-hybridized carbons (Fsp3) is 0.182. The molecule has 2 aromatic carbocycles. The van der Waals surface area contributed by atoms with Crippen molar-refractivity contribution >= 4 is 34.2 Å². The number of rotatable bonds is 3. The third-order valence-electron chi connectivity index (χ3n) is 5.14. The van der Waals surface area contributed by atoms with Crippen LogP contribution < -0.4 is 5.43 Å². The number of nitrogens with one attached hydrogen (secondary N) is 1. The lowest BCUT2D eigenvalue weighted by Crippen LogP contribution is -2.28. The Morgan fingerprint density at radius 3 is 2.52 bits per heavy atom. The van der Waals surface area contributed by atoms with Gasteiger partial charge in [-0.25, -0.2) is 19.4 Å². The van der Waals surface area contributed by atoms with Gasteiger partial charge in [0.1, 0.15) is 5.69 Å². The van der Waals surface area contributed by atoms with E-state index in [1.54, 1.807) is 10.2 Å². The molecule has 0 spiro atoms. The van der Waals surface area contributed by atoms with E-state index in [9.17, 15) is 18.0 Å². The van der Waals surface area contributed by atoms with Crippen molar-refractivity contribution in [3.8, 4) is 11.5 Å². The zero-order chi connectivity index (χ0) is 23.6. The second kappa shape index (κ2) is 9.02. The molecule has 0 fully saturated rings. The molecule has 5 rings (SSSR count). The monoisotopic (exact) mass is 474 g/mol. The number of alkyl halides is 3. The van der Waals surface area contributed by atoms with Gasteiger partial charge in [-0.3, -0.25) is 10.2 Å². The maximum absolute atomic E-state index is 13.1. The molecule has 1 atom stereocenters. The minimum atomic E-state index is -5.08. The van der Waals surface area contributed by atoms with Gasteiger partial charge in [0, 0.05) is 5.38 Å². The number of carboxylic acid groups (broad SMARTS) is 1. The number of nitrogens with zero attached hydrogens (tertiary/aromatic N) is 3. The molecule has 2 heterocycles. The average molecular weight is 474 g/mol. The Kier molecular flexibility index (Phi) is 6.14. The Labute approximate surface area is 189 Å². The molecule has 0 saturated heterocycles. The maximum atomic E-state index is 13.1. The highest BCUT2D eigenvalue weighted by Crippen LogP contribution is 2.33. The summed E-state index contributed by atoms with van der Waals surface area (Å²) >= 11 is 1.51. The number of carbonyl (C=O) groups excluding carboxylic acids is 1. The van der Waals surface area contributed by atoms with Crippen LogP contribution in [-0.2, 0) is 16.0 Å². The topological polar surface area (TPSA) is 97.1 Å². The Morgan fingerprint density at radius 1 is 1.12 bits per heavy atom. The van der Waals surface area contributed by atoms with Gasteiger partial charge >= 0.3 is 12.1 Å². The van der Waals surface area contributed by atoms with Gasteiger partial charge in [0.15, 0.2) is 5.82 Å². The van der Waals surface area contributed by atoms with Crippen LogP contribution in [-0.4, -0.2) is 37.8 Å². The molecule has 7 nitrogen and oxygen atoms in total. The van der Waals surface area contributed by atoms with Gasteiger partial charge in [-0.2, -0.15) is 13.2 Å². The Hall–Kier alpha value is -3.73. The largest absolute Gasteiger partial charge is 0.490 e. The molecule has 0 saturated carbocycles. The number of carboxylic acids is 1. The van der Waals surface area contributed by atoms with Gasteiger partial charge in [0.25, 0.3) is 0 Å². The van der Waals surface area contributed by atoms with Gasteiger partial charge in [0.2, 0.25) is 5.91 Å². The van der Waals surface area contributed by atoms with Crippen molar-refractivity contribution in [2.45, 2.75) is 24.9 Å². The Morgan fingerprint density at radius 2 is 1.82 bits per heavy atom. The molecular formula is C22H17F3N4O3S. The van der Waals surface area contributed by atoms with Crippen molar-refractivity contribution in [3.05, 3.63) is 70.5 Å². The summed E-state index contributed by atoms with van der Waals surface area (Å²) in [6.45, 7) is 0. The Bertz CT molecular complexity index is 1300. The first-order valence-electron chi connectivity index (χ1n) is 9.80. The number of thiazole rings is 1. The standard InChI is InChI=1S/C20H16N4OS.C2HF3O2/c25-20(15-10-9-13-5-1-2-6-14(13)15)23-24-18-8-4-3-7-16(18)22-19(24)17-11-26-12-21-17;3-2(4,5)1(6)7/h1-8,11-12,15H,9-10H2,(H,23,25);(H,6,7). The molecule has 1 aliphatic rings. The van der Waals surface area contributed by atoms with Crippen molar-refractivity contribution in [2.75, 3.05) is 5.43 Å². The van der Waals surface area contributed by atoms with E-state index in [0.29, 0.717) is 5.82 Å². The summed E-state index contributed by atoms with van der Waals surface area (Å²) in [5.41, 5.74) is 9.72. The van der Waals surface area contributed by atoms with E-state index in [-0.39, 0.29) is 11.8 Å². The number of amides is 1. The molecule has 2 N–H and O–H groups in total. The molecular weight excluding hydrogens is 457 g/mol. The second-order valence-electron chi connectivity index (χ2n) is 7.20. The van der Waals surface area contributed by atoms with Crippen LogP contribution in [0.3, 0.4) is 0 Å². The summed E-state index contributed by atoms with van der Waals surface area (Å²) in [4.78, 5) is 31.0. The summed E-state index contributed by atoms with van der Waals surface area (Å²) < 4.78 is 33.5. The second-order valence-corrected chi connectivity index (χ2v) is 7.92. The van der Waals surface area contributed by atoms with E-state index in [1.165, 1.54) is 16.9 Å². The van der Waals surface area contributed by atoms with Crippen LogP contribution in [0.15, 0.2) is 59.4 Å². The van der Waals surface area contributed by atoms with Gasteiger partial charge in [-0.05, 0) is 36.1 Å². The lowest BCUT2D eigenvalue weighted by Gasteiger charge is -2.15. The average Bonchev–Trinajstić information content (AvgIpc) is 3.52. The molecule has 4 aromatic rings. The molecule has 1 aliphatic carbocycles. The van der Waals surface area contributed by atoms with Gasteiger partial charge in [-0.1, -0.05) is 36.4 Å². The first-order chi connectivity index (χ1) is 15.8. The molecule has 1 unspecified atom stereocenters. The summed E-state index contributed by atoms with van der Waals surface area (Å²) in [5, 5.41) is 9.06. The van der Waals surface area contributed by atoms with Crippen LogP contribution in [0.1, 0.15) is 23.5 Å². The molecule has 33 heavy (non-hydrogen) atoms. The van der Waals surface area contributed by atoms with Gasteiger partial charge in [-0.15, -0.1) is 11.3 Å². The van der Waals surface area contributed by atoms with Crippen LogP contribution >= 0.6 is 11.3 Å². The fourth-order valence-electron chi connectivity index (χ4n) is 3.65. The zero-order valence-corrected chi connectivity index (χ0v) is 17.7. The lowest BCUT2D eigenvalue weighted by atomic mass is 10.0. The number of fused-ring (bicyclic) bond motifs is 2. The number of aryl methyl sites for hydroxylation is 1. The number of aromatic nitrogens is 3. The number of halogens is 3. The van der Waals surface area contributed by atoms with E-state index in [0.717, 1.165) is 35.1 Å². The van der Waals surface area contributed by atoms with E-state index in [2.05, 4.69) is 27.5 Å². The first-order valence-corrected chi connectivity index (χ1v) is 10.7. The quantitative estimate of drug-likeness (QED) is 0.453. The van der Waals surface area contributed by atoms with Gasteiger partial charge < -0.3 is 5.11 Å². The van der Waals surface area contributed by atoms with Crippen molar-refractivity contribution in [3.63, 3.8) is 0 Å². The first kappa shape index (κ1) is 22.5. The molecule has 11 heteroatoms. The van der Waals surface area contributed by atoms with Crippen LogP contribution in [0, 0.1) is 0 Å². The fourth-order valence-corrected chi connectivity index (χ4v) is 4.18. The number of carbonyl (C=O) groups is 2. The number of aliphatic carboxylic acids is 1. The highest BCUT2D eigenvalue weighted by atomic mass is 32.1. The number of para-hydroxylation sites is 2. The predicted molar refractivity (Wildman–Crippen MR) is 116 cm³/mol. The third kappa shape index (κ3) is 4.72. The number of imidazole rings is 1. The van der Waals surface area contributed by atoms with Crippen LogP contribution in [0.25, 0.3) is 22.6 Å². The van der Waals surface area contributed by atoms with Crippen molar-refractivity contribution in [2.24, 2.45) is 0 Å². The molecule has 0 aliphatic heterocycles. The van der Waals surface area contributed by atoms with Crippen LogP contribution in [0.4, 0.5) is 13.2 Å². The van der Waals surface area contributed by atoms with E-state index in [4.69, 9.17) is 9.90 Å². The Balaban J connectivity index is 0.000000325. The number of hydrogen-bond donors (Lipinski definition) is 2. The van der Waals surface area contributed by atoms with E-state index in [1.807, 2.05) is 41.8 Å². The van der Waals surface area contributed by atoms with Crippen molar-refractivity contribution < 1.29 is 27.9 Å². The SMILES string of the molecule is O=C(Nn1c(-c2cscn2)nc2ccccc21)C1CCc2ccccc21.O=C(O)C(F)(F)F. The van der Waals surface area contributed by atoms with Crippen molar-refractivity contribution in [1.82, 2.24) is 14.6 Å². The lowest BCUT2D eigenvalue weighted by molar-refractivity contribution is -0.192. The normalized spacial score (nSPS) is 14.9. The zero-order valence-electron chi connectivity index (χ0n) is 16.9. The predicted octanol–water partition coefficient (Wildman–Crippen LogP) is 4.59. The molecule has 0 bridgehead atoms. The smallest absolute Gasteiger partial charge is 0.475 e. The third-order valence-corrected chi connectivity index (χ3v) is 5.72. The summed E-state index contributed by atoms with van der Waals surface area (Å²) in [6, 6.07) is 16.0. The highest BCUT2D eigenvalue weighted by Gasteiger charge is 2.38. The minimum absolute atomic E-state index is 0.00502. The summed E-state index contributed by atoms with van der Waals surface area (Å²) in [7, 11) is 0. The molecule has 2 aromatic heterocycles. The van der Waals surface area contributed by atoms with E-state index < -0.39 is 12.1 Å².